The van der Waals surface area contributed by atoms with Crippen LogP contribution in [0.4, 0.5) is 5.95 Å². The summed E-state index contributed by atoms with van der Waals surface area (Å²) >= 11 is 5.94. The molecule has 1 fully saturated rings. The molecule has 0 saturated carbocycles. The zero-order valence-corrected chi connectivity index (χ0v) is 11.5. The lowest BCUT2D eigenvalue weighted by Gasteiger charge is -2.26. The second-order valence-electron chi connectivity index (χ2n) is 3.43. The molecule has 1 aromatic heterocycles. The summed E-state index contributed by atoms with van der Waals surface area (Å²) in [7, 11) is 0. The zero-order valence-electron chi connectivity index (χ0n) is 10.7. The first kappa shape index (κ1) is 14.2. The highest BCUT2D eigenvalue weighted by molar-refractivity contribution is 6.29. The van der Waals surface area contributed by atoms with Crippen molar-refractivity contribution in [2.45, 2.75) is 27.2 Å². The van der Waals surface area contributed by atoms with Crippen LogP contribution in [0.15, 0.2) is 6.07 Å². The monoisotopic (exact) mass is 257 g/mol. The minimum atomic E-state index is 0.517. The molecule has 0 atom stereocenters. The van der Waals surface area contributed by atoms with Crippen molar-refractivity contribution in [1.82, 2.24) is 9.97 Å². The van der Waals surface area contributed by atoms with Crippen molar-refractivity contribution in [2.24, 2.45) is 0 Å². The van der Waals surface area contributed by atoms with Gasteiger partial charge in [0.2, 0.25) is 5.95 Å². The molecule has 0 radical (unpaired) electrons. The predicted octanol–water partition coefficient (Wildman–Crippen LogP) is 2.56. The van der Waals surface area contributed by atoms with Gasteiger partial charge < -0.3 is 9.64 Å². The van der Waals surface area contributed by atoms with Crippen molar-refractivity contribution < 1.29 is 4.74 Å². The average Bonchev–Trinajstić information content (AvgIpc) is 2.41. The first-order valence-corrected chi connectivity index (χ1v) is 6.53. The summed E-state index contributed by atoms with van der Waals surface area (Å²) < 4.78 is 5.28. The SMILES string of the molecule is CC.CCc1cc(Cl)nc(N2CCOCC2)n1. The van der Waals surface area contributed by atoms with Crippen LogP contribution >= 0.6 is 11.6 Å². The van der Waals surface area contributed by atoms with Crippen molar-refractivity contribution in [1.29, 1.82) is 0 Å². The molecule has 4 nitrogen and oxygen atoms in total. The largest absolute Gasteiger partial charge is 0.378 e. The Hall–Kier alpha value is -0.870. The van der Waals surface area contributed by atoms with Gasteiger partial charge in [-0.3, -0.25) is 0 Å². The van der Waals surface area contributed by atoms with Crippen LogP contribution in [-0.2, 0) is 11.2 Å². The molecule has 1 aliphatic heterocycles. The van der Waals surface area contributed by atoms with Gasteiger partial charge in [0.1, 0.15) is 5.15 Å². The molecule has 0 aromatic carbocycles. The average molecular weight is 258 g/mol. The van der Waals surface area contributed by atoms with Gasteiger partial charge in [-0.15, -0.1) is 0 Å². The number of hydrogen-bond donors (Lipinski definition) is 0. The maximum absolute atomic E-state index is 5.94. The third kappa shape index (κ3) is 4.13. The molecular formula is C12H20ClN3O. The van der Waals surface area contributed by atoms with Crippen LogP contribution in [-0.4, -0.2) is 36.3 Å². The van der Waals surface area contributed by atoms with Gasteiger partial charge in [-0.2, -0.15) is 0 Å². The second kappa shape index (κ2) is 7.45. The number of aromatic nitrogens is 2. The number of halogens is 1. The Kier molecular flexibility index (Phi) is 6.22. The maximum atomic E-state index is 5.94. The number of nitrogens with zero attached hydrogens (tertiary/aromatic N) is 3. The van der Waals surface area contributed by atoms with Gasteiger partial charge in [-0.05, 0) is 12.5 Å². The number of rotatable bonds is 2. The van der Waals surface area contributed by atoms with Crippen LogP contribution < -0.4 is 4.90 Å². The normalized spacial score (nSPS) is 15.2. The third-order valence-electron chi connectivity index (χ3n) is 2.39. The van der Waals surface area contributed by atoms with Crippen LogP contribution in [0.1, 0.15) is 26.5 Å². The Morgan fingerprint density at radius 3 is 2.53 bits per heavy atom. The smallest absolute Gasteiger partial charge is 0.227 e. The fraction of sp³-hybridized carbons (Fsp3) is 0.667. The fourth-order valence-corrected chi connectivity index (χ4v) is 1.74. The Labute approximate surface area is 108 Å². The van der Waals surface area contributed by atoms with Crippen LogP contribution in [0.25, 0.3) is 0 Å². The molecule has 96 valence electrons. The zero-order chi connectivity index (χ0) is 12.7. The van der Waals surface area contributed by atoms with Crippen molar-refractivity contribution in [3.05, 3.63) is 16.9 Å². The van der Waals surface area contributed by atoms with E-state index >= 15 is 0 Å². The summed E-state index contributed by atoms with van der Waals surface area (Å²) in [6.07, 6.45) is 0.875. The van der Waals surface area contributed by atoms with E-state index in [4.69, 9.17) is 16.3 Å². The van der Waals surface area contributed by atoms with Crippen molar-refractivity contribution in [2.75, 3.05) is 31.2 Å². The van der Waals surface area contributed by atoms with Crippen LogP contribution in [0.5, 0.6) is 0 Å². The maximum Gasteiger partial charge on any atom is 0.227 e. The van der Waals surface area contributed by atoms with Crippen LogP contribution in [0, 0.1) is 0 Å². The van der Waals surface area contributed by atoms with E-state index in [2.05, 4.69) is 21.8 Å². The van der Waals surface area contributed by atoms with Gasteiger partial charge in [-0.1, -0.05) is 32.4 Å². The summed E-state index contributed by atoms with van der Waals surface area (Å²) in [5.41, 5.74) is 0.983. The van der Waals surface area contributed by atoms with Gasteiger partial charge in [-0.25, -0.2) is 9.97 Å². The lowest BCUT2D eigenvalue weighted by atomic mass is 10.3. The van der Waals surface area contributed by atoms with Gasteiger partial charge in [0, 0.05) is 18.8 Å². The first-order valence-electron chi connectivity index (χ1n) is 6.15. The summed E-state index contributed by atoms with van der Waals surface area (Å²) in [6.45, 7) is 9.20. The van der Waals surface area contributed by atoms with E-state index < -0.39 is 0 Å². The van der Waals surface area contributed by atoms with E-state index in [0.717, 1.165) is 44.4 Å². The molecule has 0 spiro atoms. The van der Waals surface area contributed by atoms with Gasteiger partial charge >= 0.3 is 0 Å². The molecular weight excluding hydrogens is 238 g/mol. The highest BCUT2D eigenvalue weighted by atomic mass is 35.5. The van der Waals surface area contributed by atoms with E-state index in [1.54, 1.807) is 0 Å². The quantitative estimate of drug-likeness (QED) is 0.764. The molecule has 2 rings (SSSR count). The third-order valence-corrected chi connectivity index (χ3v) is 2.59. The van der Waals surface area contributed by atoms with E-state index in [1.165, 1.54) is 0 Å². The number of hydrogen-bond acceptors (Lipinski definition) is 4. The molecule has 0 N–H and O–H groups in total. The molecule has 0 bridgehead atoms. The molecule has 1 aliphatic rings. The molecule has 17 heavy (non-hydrogen) atoms. The van der Waals surface area contributed by atoms with Crippen molar-refractivity contribution in [3.8, 4) is 0 Å². The molecule has 1 saturated heterocycles. The Morgan fingerprint density at radius 2 is 1.94 bits per heavy atom. The Balaban J connectivity index is 0.000000686. The Morgan fingerprint density at radius 1 is 1.29 bits per heavy atom. The fourth-order valence-electron chi connectivity index (χ4n) is 1.54. The van der Waals surface area contributed by atoms with E-state index in [0.29, 0.717) is 5.15 Å². The van der Waals surface area contributed by atoms with Crippen molar-refractivity contribution >= 4 is 17.5 Å². The van der Waals surface area contributed by atoms with Gasteiger partial charge in [0.25, 0.3) is 0 Å². The number of morpholine rings is 1. The number of aryl methyl sites for hydroxylation is 1. The van der Waals surface area contributed by atoms with E-state index in [-0.39, 0.29) is 0 Å². The molecule has 5 heteroatoms. The van der Waals surface area contributed by atoms with Gasteiger partial charge in [0.15, 0.2) is 0 Å². The number of anilines is 1. The topological polar surface area (TPSA) is 38.2 Å². The van der Waals surface area contributed by atoms with Crippen LogP contribution in [0.3, 0.4) is 0 Å². The van der Waals surface area contributed by atoms with Crippen LogP contribution in [0.2, 0.25) is 5.15 Å². The van der Waals surface area contributed by atoms with E-state index in [9.17, 15) is 0 Å². The molecule has 0 amide bonds. The number of ether oxygens (including phenoxy) is 1. The second-order valence-corrected chi connectivity index (χ2v) is 3.82. The predicted molar refractivity (Wildman–Crippen MR) is 70.8 cm³/mol. The van der Waals surface area contributed by atoms with E-state index in [1.807, 2.05) is 19.9 Å². The molecule has 2 heterocycles. The Bertz CT molecular complexity index is 341. The summed E-state index contributed by atoms with van der Waals surface area (Å²) in [6, 6.07) is 1.81. The standard InChI is InChI=1S/C10H14ClN3O.C2H6/c1-2-8-7-9(11)13-10(12-8)14-3-5-15-6-4-14;1-2/h7H,2-6H2,1H3;1-2H3. The molecule has 1 aromatic rings. The minimum Gasteiger partial charge on any atom is -0.378 e. The lowest BCUT2D eigenvalue weighted by Crippen LogP contribution is -2.37. The lowest BCUT2D eigenvalue weighted by molar-refractivity contribution is 0.122. The van der Waals surface area contributed by atoms with Crippen molar-refractivity contribution in [3.63, 3.8) is 0 Å². The molecule has 0 unspecified atom stereocenters. The summed E-state index contributed by atoms with van der Waals surface area (Å²) in [5, 5.41) is 0.517. The minimum absolute atomic E-state index is 0.517. The summed E-state index contributed by atoms with van der Waals surface area (Å²) in [5.74, 6) is 0.725. The first-order chi connectivity index (χ1) is 8.29. The highest BCUT2D eigenvalue weighted by Crippen LogP contribution is 2.15. The molecule has 0 aliphatic carbocycles. The summed E-state index contributed by atoms with van der Waals surface area (Å²) in [4.78, 5) is 10.8. The highest BCUT2D eigenvalue weighted by Gasteiger charge is 2.14. The van der Waals surface area contributed by atoms with Gasteiger partial charge in [0.05, 0.1) is 13.2 Å².